The van der Waals surface area contributed by atoms with Gasteiger partial charge in [0.1, 0.15) is 11.5 Å². The number of nitrogens with zero attached hydrogens (tertiary/aromatic N) is 2. The summed E-state index contributed by atoms with van der Waals surface area (Å²) in [6, 6.07) is 4.00. The minimum atomic E-state index is 0.730. The van der Waals surface area contributed by atoms with Crippen LogP contribution in [0.3, 0.4) is 0 Å². The molecule has 2 N–H and O–H groups in total. The predicted molar refractivity (Wildman–Crippen MR) is 60.4 cm³/mol. The molecule has 0 aliphatic rings. The van der Waals surface area contributed by atoms with E-state index in [0.717, 1.165) is 22.7 Å². The van der Waals surface area contributed by atoms with Crippen LogP contribution in [0.15, 0.2) is 18.3 Å². The third kappa shape index (κ3) is 1.58. The van der Waals surface area contributed by atoms with Gasteiger partial charge in [-0.25, -0.2) is 4.98 Å². The highest BCUT2D eigenvalue weighted by Gasteiger charge is 2.04. The number of imidazole rings is 1. The lowest BCUT2D eigenvalue weighted by molar-refractivity contribution is 1.17. The maximum absolute atomic E-state index is 5.81. The molecule has 14 heavy (non-hydrogen) atoms. The van der Waals surface area contributed by atoms with Gasteiger partial charge in [-0.15, -0.1) is 0 Å². The number of fused-ring (bicyclic) bond motifs is 1. The minimum absolute atomic E-state index is 0.730. The fourth-order valence-electron chi connectivity index (χ4n) is 1.34. The predicted octanol–water partition coefficient (Wildman–Crippen LogP) is 2.56. The third-order valence-electron chi connectivity index (χ3n) is 2.07. The Kier molecular flexibility index (Phi) is 3.12. The van der Waals surface area contributed by atoms with E-state index in [0.29, 0.717) is 0 Å². The Bertz CT molecular complexity index is 429. The number of hydrogen-bond donors (Lipinski definition) is 1. The van der Waals surface area contributed by atoms with Gasteiger partial charge in [0.2, 0.25) is 0 Å². The molecule has 0 amide bonds. The van der Waals surface area contributed by atoms with E-state index < -0.39 is 0 Å². The number of nitrogens with two attached hydrogens (primary N) is 1. The van der Waals surface area contributed by atoms with Crippen LogP contribution in [0.5, 0.6) is 0 Å². The van der Waals surface area contributed by atoms with E-state index in [9.17, 15) is 0 Å². The second-order valence-corrected chi connectivity index (χ2v) is 2.97. The number of hydrogen-bond acceptors (Lipinski definition) is 2. The summed E-state index contributed by atoms with van der Waals surface area (Å²) in [5.41, 5.74) is 8.80. The molecule has 3 heteroatoms. The maximum Gasteiger partial charge on any atom is 0.141 e. The Hall–Kier alpha value is -1.51. The van der Waals surface area contributed by atoms with Gasteiger partial charge < -0.3 is 5.73 Å². The number of nitrogen functional groups attached to an aromatic ring is 1. The first-order chi connectivity index (χ1) is 6.70. The molecule has 0 fully saturated rings. The van der Waals surface area contributed by atoms with E-state index in [1.165, 1.54) is 0 Å². The van der Waals surface area contributed by atoms with E-state index in [1.807, 2.05) is 50.4 Å². The van der Waals surface area contributed by atoms with Crippen molar-refractivity contribution in [3.63, 3.8) is 0 Å². The summed E-state index contributed by atoms with van der Waals surface area (Å²) in [5, 5.41) is 0. The molecule has 0 aromatic carbocycles. The molecule has 0 atom stereocenters. The van der Waals surface area contributed by atoms with E-state index in [-0.39, 0.29) is 0 Å². The summed E-state index contributed by atoms with van der Waals surface area (Å²) in [5.74, 6) is 0.730. The number of anilines is 1. The Balaban J connectivity index is 0.000000461. The van der Waals surface area contributed by atoms with Crippen molar-refractivity contribution in [3.05, 3.63) is 29.6 Å². The maximum atomic E-state index is 5.81. The Labute approximate surface area is 84.6 Å². The first kappa shape index (κ1) is 10.6. The number of pyridine rings is 1. The molecule has 2 aromatic rings. The van der Waals surface area contributed by atoms with Crippen molar-refractivity contribution < 1.29 is 0 Å². The van der Waals surface area contributed by atoms with Crippen LogP contribution < -0.4 is 5.73 Å². The van der Waals surface area contributed by atoms with Crippen molar-refractivity contribution in [2.45, 2.75) is 27.7 Å². The second kappa shape index (κ2) is 4.13. The summed E-state index contributed by atoms with van der Waals surface area (Å²) in [7, 11) is 0. The molecule has 0 radical (unpaired) electrons. The standard InChI is InChI=1S/C9H11N3.C2H6/c1-6-4-3-5-12-8(10)7(2)11-9(6)12;1-2/h3-5H,10H2,1-2H3;1-2H3. The Morgan fingerprint density at radius 3 is 2.50 bits per heavy atom. The molecule has 2 rings (SSSR count). The Morgan fingerprint density at radius 1 is 1.29 bits per heavy atom. The van der Waals surface area contributed by atoms with Crippen molar-refractivity contribution in [2.24, 2.45) is 0 Å². The third-order valence-corrected chi connectivity index (χ3v) is 2.07. The van der Waals surface area contributed by atoms with Gasteiger partial charge in [-0.1, -0.05) is 19.9 Å². The monoisotopic (exact) mass is 191 g/mol. The lowest BCUT2D eigenvalue weighted by Gasteiger charge is -1.97. The number of rotatable bonds is 0. The zero-order chi connectivity index (χ0) is 10.7. The van der Waals surface area contributed by atoms with Gasteiger partial charge in [-0.2, -0.15) is 0 Å². The smallest absolute Gasteiger partial charge is 0.141 e. The van der Waals surface area contributed by atoms with Crippen LogP contribution in [0.4, 0.5) is 5.82 Å². The molecule has 0 aliphatic heterocycles. The zero-order valence-electron chi connectivity index (χ0n) is 9.20. The molecular weight excluding hydrogens is 174 g/mol. The average molecular weight is 191 g/mol. The van der Waals surface area contributed by atoms with Crippen LogP contribution in [0, 0.1) is 13.8 Å². The lowest BCUT2D eigenvalue weighted by Crippen LogP contribution is -1.93. The topological polar surface area (TPSA) is 43.3 Å². The summed E-state index contributed by atoms with van der Waals surface area (Å²) < 4.78 is 1.91. The molecular formula is C11H17N3. The van der Waals surface area contributed by atoms with Crippen LogP contribution in [-0.2, 0) is 0 Å². The minimum Gasteiger partial charge on any atom is -0.383 e. The molecule has 3 nitrogen and oxygen atoms in total. The summed E-state index contributed by atoms with van der Waals surface area (Å²) in [6.45, 7) is 7.95. The van der Waals surface area contributed by atoms with Crippen LogP contribution in [0.2, 0.25) is 0 Å². The van der Waals surface area contributed by atoms with E-state index in [1.54, 1.807) is 0 Å². The molecule has 0 unspecified atom stereocenters. The van der Waals surface area contributed by atoms with E-state index in [2.05, 4.69) is 4.98 Å². The normalized spacial score (nSPS) is 9.71. The van der Waals surface area contributed by atoms with Gasteiger partial charge in [0.15, 0.2) is 0 Å². The fourth-order valence-corrected chi connectivity index (χ4v) is 1.34. The van der Waals surface area contributed by atoms with Crippen molar-refractivity contribution in [2.75, 3.05) is 5.73 Å². The quantitative estimate of drug-likeness (QED) is 0.695. The molecule has 2 aromatic heterocycles. The molecule has 76 valence electrons. The summed E-state index contributed by atoms with van der Waals surface area (Å²) in [6.07, 6.45) is 1.93. The van der Waals surface area contributed by atoms with Gasteiger partial charge in [0.25, 0.3) is 0 Å². The van der Waals surface area contributed by atoms with Crippen LogP contribution in [0.25, 0.3) is 5.65 Å². The fraction of sp³-hybridized carbons (Fsp3) is 0.364. The van der Waals surface area contributed by atoms with Gasteiger partial charge >= 0.3 is 0 Å². The average Bonchev–Trinajstić information content (AvgIpc) is 2.50. The molecule has 0 aliphatic carbocycles. The molecule has 0 saturated heterocycles. The van der Waals surface area contributed by atoms with Crippen molar-refractivity contribution in [1.29, 1.82) is 0 Å². The SMILES string of the molecule is CC.Cc1nc2c(C)cccn2c1N. The van der Waals surface area contributed by atoms with Gasteiger partial charge in [-0.3, -0.25) is 4.40 Å². The number of aryl methyl sites for hydroxylation is 2. The first-order valence-electron chi connectivity index (χ1n) is 4.90. The van der Waals surface area contributed by atoms with Crippen molar-refractivity contribution in [3.8, 4) is 0 Å². The van der Waals surface area contributed by atoms with E-state index >= 15 is 0 Å². The summed E-state index contributed by atoms with van der Waals surface area (Å²) >= 11 is 0. The highest BCUT2D eigenvalue weighted by molar-refractivity contribution is 5.56. The van der Waals surface area contributed by atoms with Gasteiger partial charge in [0.05, 0.1) is 5.69 Å². The highest BCUT2D eigenvalue weighted by Crippen LogP contribution is 2.15. The van der Waals surface area contributed by atoms with Crippen molar-refractivity contribution in [1.82, 2.24) is 9.38 Å². The van der Waals surface area contributed by atoms with E-state index in [4.69, 9.17) is 5.73 Å². The highest BCUT2D eigenvalue weighted by atomic mass is 15.1. The lowest BCUT2D eigenvalue weighted by atomic mass is 10.3. The van der Waals surface area contributed by atoms with Crippen molar-refractivity contribution >= 4 is 11.5 Å². The molecule has 0 saturated carbocycles. The van der Waals surface area contributed by atoms with Gasteiger partial charge in [-0.05, 0) is 25.5 Å². The molecule has 0 bridgehead atoms. The summed E-state index contributed by atoms with van der Waals surface area (Å²) in [4.78, 5) is 4.35. The van der Waals surface area contributed by atoms with Crippen LogP contribution in [-0.4, -0.2) is 9.38 Å². The molecule has 0 spiro atoms. The van der Waals surface area contributed by atoms with Gasteiger partial charge in [0, 0.05) is 6.20 Å². The molecule has 2 heterocycles. The Morgan fingerprint density at radius 2 is 1.93 bits per heavy atom. The first-order valence-corrected chi connectivity index (χ1v) is 4.90. The van der Waals surface area contributed by atoms with Crippen LogP contribution >= 0.6 is 0 Å². The second-order valence-electron chi connectivity index (χ2n) is 2.97. The zero-order valence-corrected chi connectivity index (χ0v) is 9.20. The van der Waals surface area contributed by atoms with Crippen LogP contribution in [0.1, 0.15) is 25.1 Å². The largest absolute Gasteiger partial charge is 0.383 e. The number of aromatic nitrogens is 2.